The first-order valence-electron chi connectivity index (χ1n) is 4.52. The molecule has 12 heavy (non-hydrogen) atoms. The summed E-state index contributed by atoms with van der Waals surface area (Å²) in [6.45, 7) is 6.44. The molecule has 0 saturated heterocycles. The second-order valence-electron chi connectivity index (χ2n) is 2.77. The number of nitrogens with one attached hydrogen (secondary N) is 1. The molecule has 0 heterocycles. The molecule has 0 aliphatic carbocycles. The van der Waals surface area contributed by atoms with E-state index in [1.54, 1.807) is 0 Å². The zero-order chi connectivity index (χ0) is 9.23. The average Bonchev–Trinajstić information content (AvgIpc) is 2.10. The fourth-order valence-electron chi connectivity index (χ4n) is 0.785. The van der Waals surface area contributed by atoms with Gasteiger partial charge < -0.3 is 10.1 Å². The summed E-state index contributed by atoms with van der Waals surface area (Å²) in [4.78, 5) is 0. The van der Waals surface area contributed by atoms with Gasteiger partial charge in [-0.25, -0.2) is 0 Å². The zero-order valence-electron chi connectivity index (χ0n) is 7.97. The van der Waals surface area contributed by atoms with Crippen LogP contribution in [0.4, 0.5) is 0 Å². The number of hydrogen-bond donors (Lipinski definition) is 1. The monoisotopic (exact) mass is 170 g/mol. The highest BCUT2D eigenvalue weighted by Crippen LogP contribution is 1.85. The lowest BCUT2D eigenvalue weighted by molar-refractivity contribution is 0.132. The molecule has 0 saturated carbocycles. The van der Waals surface area contributed by atoms with Crippen molar-refractivity contribution in [2.75, 3.05) is 19.8 Å². The molecule has 0 aromatic heterocycles. The molecule has 0 rings (SSSR count). The Hall–Kier alpha value is -0.590. The third-order valence-electron chi connectivity index (χ3n) is 1.46. The van der Waals surface area contributed by atoms with Gasteiger partial charge in [-0.15, -0.1) is 0 Å². The van der Waals surface area contributed by atoms with E-state index in [2.05, 4.69) is 18.3 Å². The standard InChI is InChI=1S/C9H18N2O/c1-3-6-12-7-4-5-11-9(2)8-10/h9,11H,3-7H2,1-2H3. The summed E-state index contributed by atoms with van der Waals surface area (Å²) in [6, 6.07) is 2.07. The van der Waals surface area contributed by atoms with Crippen molar-refractivity contribution in [2.24, 2.45) is 0 Å². The molecule has 3 nitrogen and oxygen atoms in total. The molecular weight excluding hydrogens is 152 g/mol. The van der Waals surface area contributed by atoms with E-state index in [9.17, 15) is 0 Å². The second-order valence-corrected chi connectivity index (χ2v) is 2.77. The van der Waals surface area contributed by atoms with E-state index in [4.69, 9.17) is 10.00 Å². The summed E-state index contributed by atoms with van der Waals surface area (Å²) < 4.78 is 5.28. The van der Waals surface area contributed by atoms with Crippen LogP contribution in [0.15, 0.2) is 0 Å². The molecule has 1 atom stereocenters. The van der Waals surface area contributed by atoms with Crippen LogP contribution < -0.4 is 5.32 Å². The topological polar surface area (TPSA) is 45.0 Å². The van der Waals surface area contributed by atoms with Gasteiger partial charge in [-0.3, -0.25) is 0 Å². The van der Waals surface area contributed by atoms with Crippen molar-refractivity contribution < 1.29 is 4.74 Å². The lowest BCUT2D eigenvalue weighted by Gasteiger charge is -2.05. The summed E-state index contributed by atoms with van der Waals surface area (Å²) >= 11 is 0. The first-order valence-corrected chi connectivity index (χ1v) is 4.52. The minimum atomic E-state index is -0.0452. The van der Waals surface area contributed by atoms with E-state index in [0.717, 1.165) is 32.6 Å². The van der Waals surface area contributed by atoms with Gasteiger partial charge in [0.1, 0.15) is 0 Å². The van der Waals surface area contributed by atoms with Gasteiger partial charge in [-0.05, 0) is 26.3 Å². The average molecular weight is 170 g/mol. The van der Waals surface area contributed by atoms with E-state index in [1.807, 2.05) is 6.92 Å². The van der Waals surface area contributed by atoms with E-state index in [1.165, 1.54) is 0 Å². The van der Waals surface area contributed by atoms with Crippen LogP contribution in [-0.2, 0) is 4.74 Å². The molecule has 1 unspecified atom stereocenters. The Kier molecular flexibility index (Phi) is 8.09. The van der Waals surface area contributed by atoms with E-state index < -0.39 is 0 Å². The van der Waals surface area contributed by atoms with Gasteiger partial charge in [0, 0.05) is 13.2 Å². The molecule has 70 valence electrons. The second kappa shape index (κ2) is 8.51. The van der Waals surface area contributed by atoms with Crippen LogP contribution in [0.3, 0.4) is 0 Å². The maximum Gasteiger partial charge on any atom is 0.0924 e. The third-order valence-corrected chi connectivity index (χ3v) is 1.46. The molecule has 0 aliphatic heterocycles. The van der Waals surface area contributed by atoms with E-state index >= 15 is 0 Å². The quantitative estimate of drug-likeness (QED) is 0.586. The molecule has 3 heteroatoms. The van der Waals surface area contributed by atoms with Crippen molar-refractivity contribution in [3.05, 3.63) is 0 Å². The van der Waals surface area contributed by atoms with Crippen LogP contribution in [0.25, 0.3) is 0 Å². The van der Waals surface area contributed by atoms with Crippen molar-refractivity contribution in [1.29, 1.82) is 5.26 Å². The maximum atomic E-state index is 8.43. The predicted molar refractivity (Wildman–Crippen MR) is 48.8 cm³/mol. The molecule has 1 N–H and O–H groups in total. The van der Waals surface area contributed by atoms with Crippen molar-refractivity contribution in [3.63, 3.8) is 0 Å². The van der Waals surface area contributed by atoms with Gasteiger partial charge in [0.25, 0.3) is 0 Å². The first kappa shape index (κ1) is 11.4. The van der Waals surface area contributed by atoms with Gasteiger partial charge in [0.05, 0.1) is 12.1 Å². The SMILES string of the molecule is CCCOCCCNC(C)C#N. The summed E-state index contributed by atoms with van der Waals surface area (Å²) in [6.07, 6.45) is 2.05. The van der Waals surface area contributed by atoms with Crippen molar-refractivity contribution in [1.82, 2.24) is 5.32 Å². The summed E-state index contributed by atoms with van der Waals surface area (Å²) in [5.41, 5.74) is 0. The first-order chi connectivity index (χ1) is 5.81. The van der Waals surface area contributed by atoms with Gasteiger partial charge in [0.15, 0.2) is 0 Å². The van der Waals surface area contributed by atoms with E-state index in [-0.39, 0.29) is 6.04 Å². The Labute approximate surface area is 74.7 Å². The van der Waals surface area contributed by atoms with Crippen molar-refractivity contribution in [3.8, 4) is 6.07 Å². The minimum absolute atomic E-state index is 0.0452. The number of ether oxygens (including phenoxy) is 1. The maximum absolute atomic E-state index is 8.43. The van der Waals surface area contributed by atoms with Crippen LogP contribution in [0.1, 0.15) is 26.7 Å². The normalized spacial score (nSPS) is 12.4. The molecule has 0 aromatic carbocycles. The summed E-state index contributed by atoms with van der Waals surface area (Å²) in [7, 11) is 0. The molecule has 0 radical (unpaired) electrons. The van der Waals surface area contributed by atoms with Crippen molar-refractivity contribution >= 4 is 0 Å². The Balaban J connectivity index is 2.96. The van der Waals surface area contributed by atoms with E-state index in [0.29, 0.717) is 0 Å². The summed E-state index contributed by atoms with van der Waals surface area (Å²) in [5, 5.41) is 11.5. The number of nitrogens with zero attached hydrogens (tertiary/aromatic N) is 1. The van der Waals surface area contributed by atoms with Crippen LogP contribution in [0.5, 0.6) is 0 Å². The van der Waals surface area contributed by atoms with Crippen LogP contribution in [0.2, 0.25) is 0 Å². The largest absolute Gasteiger partial charge is 0.381 e. The Bertz CT molecular complexity index is 131. The fourth-order valence-corrected chi connectivity index (χ4v) is 0.785. The molecule has 0 aromatic rings. The van der Waals surface area contributed by atoms with Crippen LogP contribution >= 0.6 is 0 Å². The number of rotatable bonds is 7. The predicted octanol–water partition coefficient (Wildman–Crippen LogP) is 1.30. The highest BCUT2D eigenvalue weighted by Gasteiger charge is 1.95. The summed E-state index contributed by atoms with van der Waals surface area (Å²) in [5.74, 6) is 0. The van der Waals surface area contributed by atoms with Gasteiger partial charge in [0.2, 0.25) is 0 Å². The van der Waals surface area contributed by atoms with Crippen LogP contribution in [0, 0.1) is 11.3 Å². The highest BCUT2D eigenvalue weighted by molar-refractivity contribution is 4.84. The highest BCUT2D eigenvalue weighted by atomic mass is 16.5. The molecule has 0 bridgehead atoms. The molecular formula is C9H18N2O. The van der Waals surface area contributed by atoms with Crippen molar-refractivity contribution in [2.45, 2.75) is 32.7 Å². The van der Waals surface area contributed by atoms with Crippen LogP contribution in [-0.4, -0.2) is 25.8 Å². The fraction of sp³-hybridized carbons (Fsp3) is 0.889. The smallest absolute Gasteiger partial charge is 0.0924 e. The Morgan fingerprint density at radius 2 is 2.25 bits per heavy atom. The zero-order valence-corrected chi connectivity index (χ0v) is 7.97. The Morgan fingerprint density at radius 3 is 2.83 bits per heavy atom. The third kappa shape index (κ3) is 7.52. The van der Waals surface area contributed by atoms with Gasteiger partial charge in [-0.1, -0.05) is 6.92 Å². The van der Waals surface area contributed by atoms with Gasteiger partial charge in [-0.2, -0.15) is 5.26 Å². The molecule has 0 amide bonds. The Morgan fingerprint density at radius 1 is 1.50 bits per heavy atom. The number of hydrogen-bond acceptors (Lipinski definition) is 3. The number of nitriles is 1. The minimum Gasteiger partial charge on any atom is -0.381 e. The molecule has 0 spiro atoms. The van der Waals surface area contributed by atoms with Gasteiger partial charge >= 0.3 is 0 Å². The molecule has 0 aliphatic rings. The lowest BCUT2D eigenvalue weighted by atomic mass is 10.3. The lowest BCUT2D eigenvalue weighted by Crippen LogP contribution is -2.26. The molecule has 0 fully saturated rings.